The van der Waals surface area contributed by atoms with Crippen molar-refractivity contribution in [3.05, 3.63) is 39.7 Å². The predicted octanol–water partition coefficient (Wildman–Crippen LogP) is 2.47. The Morgan fingerprint density at radius 2 is 1.96 bits per heavy atom. The second-order valence-electron chi connectivity index (χ2n) is 5.79. The molecule has 0 radical (unpaired) electrons. The van der Waals surface area contributed by atoms with Gasteiger partial charge in [-0.25, -0.2) is 0 Å². The Labute approximate surface area is 139 Å². The Kier molecular flexibility index (Phi) is 4.04. The van der Waals surface area contributed by atoms with E-state index < -0.39 is 4.92 Å². The van der Waals surface area contributed by atoms with E-state index in [1.54, 1.807) is 25.8 Å². The van der Waals surface area contributed by atoms with Crippen LogP contribution in [0.25, 0.3) is 0 Å². The molecule has 1 aliphatic heterocycles. The monoisotopic (exact) mass is 332 g/mol. The van der Waals surface area contributed by atoms with Crippen LogP contribution in [0.15, 0.2) is 18.5 Å². The van der Waals surface area contributed by atoms with Crippen LogP contribution in [0.4, 0.5) is 11.6 Å². The molecule has 1 atom stereocenters. The highest BCUT2D eigenvalue weighted by Crippen LogP contribution is 2.41. The molecule has 0 saturated carbocycles. The number of aromatic nitrogens is 2. The minimum Gasteiger partial charge on any atom is -0.493 e. The number of ether oxygens (including phenoxy) is 2. The van der Waals surface area contributed by atoms with Crippen molar-refractivity contribution in [2.75, 3.05) is 25.7 Å². The van der Waals surface area contributed by atoms with Gasteiger partial charge in [-0.3, -0.25) is 4.57 Å². The summed E-state index contributed by atoms with van der Waals surface area (Å²) in [5, 5.41) is 11.3. The lowest BCUT2D eigenvalue weighted by atomic mass is 9.93. The molecule has 0 fully saturated rings. The highest BCUT2D eigenvalue weighted by atomic mass is 16.6. The first-order chi connectivity index (χ1) is 11.5. The van der Waals surface area contributed by atoms with Gasteiger partial charge in [0.2, 0.25) is 12.1 Å². The van der Waals surface area contributed by atoms with Crippen molar-refractivity contribution in [1.82, 2.24) is 9.55 Å². The maximum Gasteiger partial charge on any atom is 0.406 e. The van der Waals surface area contributed by atoms with Gasteiger partial charge in [0.15, 0.2) is 11.5 Å². The average Bonchev–Trinajstić information content (AvgIpc) is 2.96. The van der Waals surface area contributed by atoms with Crippen LogP contribution in [0.3, 0.4) is 0 Å². The molecule has 1 aromatic heterocycles. The van der Waals surface area contributed by atoms with E-state index in [1.165, 1.54) is 11.9 Å². The zero-order chi connectivity index (χ0) is 17.4. The SMILES string of the molecule is COc1cc2c(cc1OC)C(C)N(c1c([N+](=O)[O-])ncn1C)CC2. The van der Waals surface area contributed by atoms with Crippen LogP contribution in [0.5, 0.6) is 11.5 Å². The third kappa shape index (κ3) is 2.44. The van der Waals surface area contributed by atoms with Crippen molar-refractivity contribution >= 4 is 11.6 Å². The predicted molar refractivity (Wildman–Crippen MR) is 88.9 cm³/mol. The normalized spacial score (nSPS) is 16.7. The lowest BCUT2D eigenvalue weighted by Crippen LogP contribution is -2.35. The molecule has 0 saturated heterocycles. The smallest absolute Gasteiger partial charge is 0.406 e. The van der Waals surface area contributed by atoms with Crippen molar-refractivity contribution in [3.63, 3.8) is 0 Å². The molecule has 1 unspecified atom stereocenters. The number of methoxy groups -OCH3 is 2. The summed E-state index contributed by atoms with van der Waals surface area (Å²) >= 11 is 0. The van der Waals surface area contributed by atoms with E-state index in [-0.39, 0.29) is 11.9 Å². The van der Waals surface area contributed by atoms with E-state index in [1.807, 2.05) is 24.0 Å². The summed E-state index contributed by atoms with van der Waals surface area (Å²) in [5.41, 5.74) is 2.25. The Balaban J connectivity index is 2.06. The maximum absolute atomic E-state index is 11.3. The number of aryl methyl sites for hydroxylation is 1. The highest BCUT2D eigenvalue weighted by molar-refractivity contribution is 5.59. The van der Waals surface area contributed by atoms with Crippen molar-refractivity contribution in [3.8, 4) is 11.5 Å². The van der Waals surface area contributed by atoms with Gasteiger partial charge in [0, 0.05) is 13.6 Å². The first-order valence-corrected chi connectivity index (χ1v) is 7.65. The van der Waals surface area contributed by atoms with Crippen molar-refractivity contribution in [2.45, 2.75) is 19.4 Å². The number of hydrogen-bond acceptors (Lipinski definition) is 6. The number of fused-ring (bicyclic) bond motifs is 1. The van der Waals surface area contributed by atoms with Crippen molar-refractivity contribution in [2.24, 2.45) is 7.05 Å². The van der Waals surface area contributed by atoms with Gasteiger partial charge in [-0.05, 0) is 46.5 Å². The lowest BCUT2D eigenvalue weighted by Gasteiger charge is -2.36. The summed E-state index contributed by atoms with van der Waals surface area (Å²) < 4.78 is 12.5. The molecule has 128 valence electrons. The van der Waals surface area contributed by atoms with Crippen molar-refractivity contribution < 1.29 is 14.4 Å². The molecule has 0 amide bonds. The molecule has 3 rings (SSSR count). The van der Waals surface area contributed by atoms with Crippen LogP contribution in [-0.4, -0.2) is 35.2 Å². The molecule has 2 aromatic rings. The van der Waals surface area contributed by atoms with E-state index in [9.17, 15) is 10.1 Å². The lowest BCUT2D eigenvalue weighted by molar-refractivity contribution is -0.388. The van der Waals surface area contributed by atoms with Crippen LogP contribution in [-0.2, 0) is 13.5 Å². The molecular formula is C16H20N4O4. The number of anilines is 1. The molecule has 0 N–H and O–H groups in total. The van der Waals surface area contributed by atoms with Gasteiger partial charge in [-0.15, -0.1) is 0 Å². The van der Waals surface area contributed by atoms with Crippen LogP contribution in [0.2, 0.25) is 0 Å². The second kappa shape index (κ2) is 6.03. The van der Waals surface area contributed by atoms with E-state index in [4.69, 9.17) is 9.47 Å². The van der Waals surface area contributed by atoms with Crippen LogP contribution < -0.4 is 14.4 Å². The quantitative estimate of drug-likeness (QED) is 0.632. The Hall–Kier alpha value is -2.77. The highest BCUT2D eigenvalue weighted by Gasteiger charge is 2.33. The molecule has 8 nitrogen and oxygen atoms in total. The van der Waals surface area contributed by atoms with E-state index >= 15 is 0 Å². The number of imidazole rings is 1. The molecule has 8 heteroatoms. The molecular weight excluding hydrogens is 312 g/mol. The summed E-state index contributed by atoms with van der Waals surface area (Å²) in [6.45, 7) is 2.70. The molecule has 0 aliphatic carbocycles. The fraction of sp³-hybridized carbons (Fsp3) is 0.438. The van der Waals surface area contributed by atoms with Crippen LogP contribution in [0, 0.1) is 10.1 Å². The van der Waals surface area contributed by atoms with Gasteiger partial charge in [0.1, 0.15) is 0 Å². The summed E-state index contributed by atoms with van der Waals surface area (Å²) in [4.78, 5) is 16.8. The number of hydrogen-bond donors (Lipinski definition) is 0. The van der Waals surface area contributed by atoms with E-state index in [0.717, 1.165) is 12.0 Å². The molecule has 1 aromatic carbocycles. The second-order valence-corrected chi connectivity index (χ2v) is 5.79. The molecule has 24 heavy (non-hydrogen) atoms. The van der Waals surface area contributed by atoms with Crippen LogP contribution in [0.1, 0.15) is 24.1 Å². The average molecular weight is 332 g/mol. The van der Waals surface area contributed by atoms with Crippen molar-refractivity contribution in [1.29, 1.82) is 0 Å². The van der Waals surface area contributed by atoms with E-state index in [0.29, 0.717) is 23.9 Å². The Bertz CT molecular complexity index is 787. The zero-order valence-corrected chi connectivity index (χ0v) is 14.1. The maximum atomic E-state index is 11.3. The minimum atomic E-state index is -0.438. The third-order valence-corrected chi connectivity index (χ3v) is 4.52. The summed E-state index contributed by atoms with van der Waals surface area (Å²) in [6, 6.07) is 3.90. The number of rotatable bonds is 4. The van der Waals surface area contributed by atoms with E-state index in [2.05, 4.69) is 4.98 Å². The van der Waals surface area contributed by atoms with Gasteiger partial charge in [-0.2, -0.15) is 0 Å². The summed E-state index contributed by atoms with van der Waals surface area (Å²) in [7, 11) is 4.98. The molecule has 0 bridgehead atoms. The number of benzene rings is 1. The minimum absolute atomic E-state index is 0.0392. The Morgan fingerprint density at radius 3 is 2.58 bits per heavy atom. The summed E-state index contributed by atoms with van der Waals surface area (Å²) in [6.07, 6.45) is 2.24. The standard InChI is InChI=1S/C16H20N4O4/c1-10-12-8-14(24-4)13(23-3)7-11(12)5-6-19(10)16-15(20(21)22)17-9-18(16)2/h7-10H,5-6H2,1-4H3. The summed E-state index contributed by atoms with van der Waals surface area (Å²) in [5.74, 6) is 1.76. The Morgan fingerprint density at radius 1 is 1.29 bits per heavy atom. The van der Waals surface area contributed by atoms with Crippen LogP contribution >= 0.6 is 0 Å². The largest absolute Gasteiger partial charge is 0.493 e. The molecule has 0 spiro atoms. The fourth-order valence-corrected chi connectivity index (χ4v) is 3.31. The number of nitrogens with zero attached hydrogens (tertiary/aromatic N) is 4. The van der Waals surface area contributed by atoms with Gasteiger partial charge >= 0.3 is 5.82 Å². The molecule has 2 heterocycles. The van der Waals surface area contributed by atoms with Gasteiger partial charge in [-0.1, -0.05) is 0 Å². The third-order valence-electron chi connectivity index (χ3n) is 4.52. The number of nitro groups is 1. The van der Waals surface area contributed by atoms with Gasteiger partial charge in [0.25, 0.3) is 0 Å². The molecule has 1 aliphatic rings. The topological polar surface area (TPSA) is 82.7 Å². The fourth-order valence-electron chi connectivity index (χ4n) is 3.31. The zero-order valence-electron chi connectivity index (χ0n) is 14.1. The van der Waals surface area contributed by atoms with Gasteiger partial charge in [0.05, 0.1) is 20.3 Å². The van der Waals surface area contributed by atoms with Gasteiger partial charge < -0.3 is 24.5 Å². The first-order valence-electron chi connectivity index (χ1n) is 7.65. The first kappa shape index (κ1) is 16.1.